The van der Waals surface area contributed by atoms with Crippen molar-refractivity contribution in [2.24, 2.45) is 0 Å². The van der Waals surface area contributed by atoms with E-state index in [1.54, 1.807) is 0 Å². The molecule has 0 aliphatic carbocycles. The fourth-order valence-electron chi connectivity index (χ4n) is 9.16. The highest BCUT2D eigenvalue weighted by molar-refractivity contribution is 5.76. The first kappa shape index (κ1) is 64.3. The number of amides is 1. The molecule has 6 heteroatoms. The van der Waals surface area contributed by atoms with Gasteiger partial charge in [-0.3, -0.25) is 9.59 Å². The molecular formula is C60H115NO5. The number of carbonyl (C=O) groups excluding carboxylic acids is 2. The molecule has 2 atom stereocenters. The van der Waals surface area contributed by atoms with Crippen LogP contribution in [0.25, 0.3) is 0 Å². The minimum absolute atomic E-state index is 0.000455. The molecule has 0 radical (unpaired) electrons. The molecule has 0 aromatic carbocycles. The molecule has 0 aromatic rings. The number of unbranched alkanes of at least 4 members (excludes halogenated alkanes) is 40. The van der Waals surface area contributed by atoms with Crippen LogP contribution >= 0.6 is 0 Å². The molecule has 0 fully saturated rings. The molecule has 0 bridgehead atoms. The van der Waals surface area contributed by atoms with Crippen LogP contribution in [0.1, 0.15) is 322 Å². The van der Waals surface area contributed by atoms with Gasteiger partial charge in [-0.05, 0) is 77.0 Å². The molecule has 0 heterocycles. The summed E-state index contributed by atoms with van der Waals surface area (Å²) in [5.74, 6) is -0.0418. The Kier molecular flexibility index (Phi) is 54.5. The van der Waals surface area contributed by atoms with E-state index >= 15 is 0 Å². The number of aliphatic hydroxyl groups excluding tert-OH is 2. The first-order valence-electron chi connectivity index (χ1n) is 29.6. The maximum Gasteiger partial charge on any atom is 0.305 e. The molecule has 0 spiro atoms. The summed E-state index contributed by atoms with van der Waals surface area (Å²) in [4.78, 5) is 24.5. The predicted molar refractivity (Wildman–Crippen MR) is 287 cm³/mol. The highest BCUT2D eigenvalue weighted by Crippen LogP contribution is 2.17. The maximum absolute atomic E-state index is 12.5. The molecule has 390 valence electrons. The van der Waals surface area contributed by atoms with Crippen LogP contribution in [-0.2, 0) is 14.3 Å². The zero-order chi connectivity index (χ0) is 47.9. The lowest BCUT2D eigenvalue weighted by Gasteiger charge is -2.22. The van der Waals surface area contributed by atoms with E-state index in [9.17, 15) is 19.8 Å². The van der Waals surface area contributed by atoms with E-state index in [-0.39, 0.29) is 18.5 Å². The Hall–Kier alpha value is -1.66. The molecule has 0 rings (SSSR count). The van der Waals surface area contributed by atoms with E-state index in [4.69, 9.17) is 4.74 Å². The normalized spacial score (nSPS) is 12.7. The SMILES string of the molecule is CCCCCCCC/C=C\CCCCCCCC(=O)OCCCCCCCCCCCC/C=C\CCCCCCCCCC(=O)NC(CO)C(O)CCCCCCCCCCCCCCC. The van der Waals surface area contributed by atoms with E-state index in [1.807, 2.05) is 0 Å². The highest BCUT2D eigenvalue weighted by atomic mass is 16.5. The summed E-state index contributed by atoms with van der Waals surface area (Å²) in [5.41, 5.74) is 0. The van der Waals surface area contributed by atoms with Gasteiger partial charge in [-0.15, -0.1) is 0 Å². The van der Waals surface area contributed by atoms with Crippen molar-refractivity contribution in [2.45, 2.75) is 334 Å². The largest absolute Gasteiger partial charge is 0.466 e. The number of nitrogens with one attached hydrogen (secondary N) is 1. The number of allylic oxidation sites excluding steroid dienone is 4. The van der Waals surface area contributed by atoms with Crippen molar-refractivity contribution in [1.29, 1.82) is 0 Å². The Morgan fingerprint density at radius 1 is 0.409 bits per heavy atom. The zero-order valence-electron chi connectivity index (χ0n) is 44.4. The van der Waals surface area contributed by atoms with Crippen molar-refractivity contribution in [3.05, 3.63) is 24.3 Å². The van der Waals surface area contributed by atoms with Gasteiger partial charge in [0.05, 0.1) is 25.4 Å². The van der Waals surface area contributed by atoms with E-state index in [1.165, 1.54) is 244 Å². The number of ether oxygens (including phenoxy) is 1. The molecule has 0 aliphatic heterocycles. The van der Waals surface area contributed by atoms with Crippen LogP contribution in [0.4, 0.5) is 0 Å². The average molecular weight is 931 g/mol. The van der Waals surface area contributed by atoms with Gasteiger partial charge in [0.15, 0.2) is 0 Å². The fraction of sp³-hybridized carbons (Fsp3) is 0.900. The first-order valence-corrected chi connectivity index (χ1v) is 29.6. The number of carbonyl (C=O) groups is 2. The summed E-state index contributed by atoms with van der Waals surface area (Å²) < 4.78 is 5.48. The van der Waals surface area contributed by atoms with Crippen molar-refractivity contribution >= 4 is 11.9 Å². The molecule has 3 N–H and O–H groups in total. The van der Waals surface area contributed by atoms with Crippen molar-refractivity contribution in [2.75, 3.05) is 13.2 Å². The van der Waals surface area contributed by atoms with Gasteiger partial charge in [-0.1, -0.05) is 256 Å². The minimum Gasteiger partial charge on any atom is -0.466 e. The van der Waals surface area contributed by atoms with Crippen molar-refractivity contribution in [3.63, 3.8) is 0 Å². The van der Waals surface area contributed by atoms with Gasteiger partial charge >= 0.3 is 5.97 Å². The summed E-state index contributed by atoms with van der Waals surface area (Å²) >= 11 is 0. The van der Waals surface area contributed by atoms with Gasteiger partial charge in [0, 0.05) is 12.8 Å². The lowest BCUT2D eigenvalue weighted by molar-refractivity contribution is -0.143. The number of hydrogen-bond donors (Lipinski definition) is 3. The first-order chi connectivity index (χ1) is 32.5. The Balaban J connectivity index is 3.41. The monoisotopic (exact) mass is 930 g/mol. The molecule has 66 heavy (non-hydrogen) atoms. The van der Waals surface area contributed by atoms with Gasteiger partial charge < -0.3 is 20.3 Å². The molecule has 6 nitrogen and oxygen atoms in total. The fourth-order valence-corrected chi connectivity index (χ4v) is 9.16. The second-order valence-electron chi connectivity index (χ2n) is 20.3. The molecule has 0 saturated carbocycles. The lowest BCUT2D eigenvalue weighted by Crippen LogP contribution is -2.45. The Bertz CT molecular complexity index is 1030. The van der Waals surface area contributed by atoms with Gasteiger partial charge in [0.25, 0.3) is 0 Å². The highest BCUT2D eigenvalue weighted by Gasteiger charge is 2.20. The van der Waals surface area contributed by atoms with Crippen LogP contribution in [0.3, 0.4) is 0 Å². The topological polar surface area (TPSA) is 95.9 Å². The van der Waals surface area contributed by atoms with Crippen LogP contribution in [0.5, 0.6) is 0 Å². The third-order valence-electron chi connectivity index (χ3n) is 13.7. The van der Waals surface area contributed by atoms with Gasteiger partial charge in [0.1, 0.15) is 0 Å². The quantitative estimate of drug-likeness (QED) is 0.0321. The smallest absolute Gasteiger partial charge is 0.305 e. The predicted octanol–water partition coefficient (Wildman–Crippen LogP) is 18.2. The third kappa shape index (κ3) is 51.7. The van der Waals surface area contributed by atoms with E-state index in [2.05, 4.69) is 43.5 Å². The van der Waals surface area contributed by atoms with Crippen molar-refractivity contribution < 1.29 is 24.5 Å². The molecular weight excluding hydrogens is 815 g/mol. The molecule has 0 aliphatic rings. The molecule has 1 amide bonds. The molecule has 0 aromatic heterocycles. The summed E-state index contributed by atoms with van der Waals surface area (Å²) in [7, 11) is 0. The summed E-state index contributed by atoms with van der Waals surface area (Å²) in [6, 6.07) is -0.546. The van der Waals surface area contributed by atoms with Gasteiger partial charge in [-0.25, -0.2) is 0 Å². The van der Waals surface area contributed by atoms with Crippen LogP contribution in [0.2, 0.25) is 0 Å². The van der Waals surface area contributed by atoms with Crippen LogP contribution in [-0.4, -0.2) is 47.4 Å². The van der Waals surface area contributed by atoms with Gasteiger partial charge in [-0.2, -0.15) is 0 Å². The van der Waals surface area contributed by atoms with Crippen molar-refractivity contribution in [3.8, 4) is 0 Å². The van der Waals surface area contributed by atoms with Crippen LogP contribution in [0.15, 0.2) is 24.3 Å². The Morgan fingerprint density at radius 3 is 1.08 bits per heavy atom. The maximum atomic E-state index is 12.5. The van der Waals surface area contributed by atoms with Crippen molar-refractivity contribution in [1.82, 2.24) is 5.32 Å². The number of rotatable bonds is 55. The van der Waals surface area contributed by atoms with E-state index in [0.717, 1.165) is 44.9 Å². The number of hydrogen-bond acceptors (Lipinski definition) is 5. The van der Waals surface area contributed by atoms with Crippen LogP contribution < -0.4 is 5.32 Å². The van der Waals surface area contributed by atoms with E-state index < -0.39 is 12.1 Å². The standard InChI is InChI=1S/C60H115NO5/c1-3-5-7-9-11-13-15-17-25-30-34-38-42-46-50-54-60(65)66-55-51-47-43-39-35-31-27-24-22-20-18-19-21-23-26-29-33-37-41-45-49-53-59(64)61-57(56-62)58(63)52-48-44-40-36-32-28-16-14-12-10-8-6-4-2/h17,19,21,25,57-58,62-63H,3-16,18,20,22-24,26-56H2,1-2H3,(H,61,64)/b21-19-,25-17-. The summed E-state index contributed by atoms with van der Waals surface area (Å²) in [6.45, 7) is 4.94. The Labute approximate surface area is 411 Å². The minimum atomic E-state index is -0.668. The summed E-state index contributed by atoms with van der Waals surface area (Å²) in [5, 5.41) is 23.2. The third-order valence-corrected chi connectivity index (χ3v) is 13.7. The van der Waals surface area contributed by atoms with E-state index in [0.29, 0.717) is 25.9 Å². The number of aliphatic hydroxyl groups is 2. The Morgan fingerprint density at radius 2 is 0.712 bits per heavy atom. The number of esters is 1. The summed E-state index contributed by atoms with van der Waals surface area (Å²) in [6.07, 6.45) is 67.4. The second-order valence-corrected chi connectivity index (χ2v) is 20.3. The lowest BCUT2D eigenvalue weighted by atomic mass is 10.0. The second kappa shape index (κ2) is 55.9. The van der Waals surface area contributed by atoms with Gasteiger partial charge in [0.2, 0.25) is 5.91 Å². The molecule has 0 saturated heterocycles. The average Bonchev–Trinajstić information content (AvgIpc) is 3.32. The van der Waals surface area contributed by atoms with Crippen LogP contribution in [0, 0.1) is 0 Å². The molecule has 2 unspecified atom stereocenters. The zero-order valence-corrected chi connectivity index (χ0v) is 44.4.